The summed E-state index contributed by atoms with van der Waals surface area (Å²) in [6.45, 7) is 0. The van der Waals surface area contributed by atoms with Crippen molar-refractivity contribution in [3.63, 3.8) is 0 Å². The monoisotopic (exact) mass is 276 g/mol. The van der Waals surface area contributed by atoms with Crippen LogP contribution in [0.4, 0.5) is 0 Å². The van der Waals surface area contributed by atoms with Gasteiger partial charge in [-0.2, -0.15) is 0 Å². The van der Waals surface area contributed by atoms with Gasteiger partial charge in [-0.25, -0.2) is 0 Å². The van der Waals surface area contributed by atoms with Crippen molar-refractivity contribution in [2.75, 3.05) is 0 Å². The van der Waals surface area contributed by atoms with Crippen LogP contribution in [-0.4, -0.2) is 0 Å². The van der Waals surface area contributed by atoms with Crippen LogP contribution in [0, 0.1) is 0 Å². The minimum absolute atomic E-state index is 0. The molecule has 0 aliphatic heterocycles. The summed E-state index contributed by atoms with van der Waals surface area (Å²) in [5.41, 5.74) is 0. The second kappa shape index (κ2) is 34.2. The molecule has 0 aromatic rings. The molecule has 0 unspecified atom stereocenters. The molecule has 0 rings (SSSR count). The van der Waals surface area contributed by atoms with Gasteiger partial charge in [0.25, 0.3) is 0 Å². The third kappa shape index (κ3) is 22.4. The van der Waals surface area contributed by atoms with E-state index in [9.17, 15) is 0 Å². The van der Waals surface area contributed by atoms with E-state index in [1.165, 1.54) is 0 Å². The summed E-state index contributed by atoms with van der Waals surface area (Å²) in [6, 6.07) is 0. The molecule has 0 heterocycles. The molecule has 0 fully saturated rings. The summed E-state index contributed by atoms with van der Waals surface area (Å²) in [4.78, 5) is 0. The van der Waals surface area contributed by atoms with E-state index >= 15 is 0 Å². The topological polar surface area (TPSA) is 0 Å². The van der Waals surface area contributed by atoms with Gasteiger partial charge >= 0.3 is 48.7 Å². The van der Waals surface area contributed by atoms with Crippen molar-refractivity contribution < 1.29 is 64.3 Å². The molecule has 0 spiro atoms. The fourth-order valence-electron chi connectivity index (χ4n) is 0. The van der Waals surface area contributed by atoms with Gasteiger partial charge in [-0.15, -0.1) is 0 Å². The van der Waals surface area contributed by atoms with Crippen LogP contribution >= 0.6 is 9.19 Å². The molecule has 0 radical (unpaired) electrons. The van der Waals surface area contributed by atoms with Crippen molar-refractivity contribution in [3.8, 4) is 0 Å². The molecule has 0 nitrogen and oxygen atoms in total. The SMILES string of the molecule is [Cl-].[Cl-].[Cl][Ag].[Zn+2]. The van der Waals surface area contributed by atoms with Gasteiger partial charge in [0.05, 0.1) is 0 Å². The first kappa shape index (κ1) is 26.9. The minimum Gasteiger partial charge on any atom is 2.00 e. The summed E-state index contributed by atoms with van der Waals surface area (Å²) in [5.74, 6) is 0. The van der Waals surface area contributed by atoms with Crippen LogP contribution in [0.3, 0.4) is 0 Å². The van der Waals surface area contributed by atoms with Crippen molar-refractivity contribution in [1.29, 1.82) is 0 Å². The summed E-state index contributed by atoms with van der Waals surface area (Å²) < 4.78 is 0. The zero-order valence-electron chi connectivity index (χ0n) is 2.14. The molecule has 34 valence electrons. The fraction of sp³-hybridized carbons (Fsp3) is 0. The van der Waals surface area contributed by atoms with E-state index in [1.54, 1.807) is 0 Å². The Morgan fingerprint density at radius 3 is 1.00 bits per heavy atom. The molecule has 0 aromatic carbocycles. The first-order valence-corrected chi connectivity index (χ1v) is 2.02. The van der Waals surface area contributed by atoms with E-state index < -0.39 is 0 Å². The van der Waals surface area contributed by atoms with Gasteiger partial charge in [-0.3, -0.25) is 0 Å². The number of hydrogen-bond donors (Lipinski definition) is 0. The predicted molar refractivity (Wildman–Crippen MR) is 5.85 cm³/mol. The zero-order valence-corrected chi connectivity index (χ0v) is 8.86. The normalized spacial score (nSPS) is 1.40. The number of rotatable bonds is 0. The van der Waals surface area contributed by atoms with Gasteiger partial charge in [0.2, 0.25) is 0 Å². The van der Waals surface area contributed by atoms with Crippen LogP contribution < -0.4 is 24.8 Å². The molecular formula is AgCl3Zn. The second-order valence-electron chi connectivity index (χ2n) is 0. The summed E-state index contributed by atoms with van der Waals surface area (Å²) in [5, 5.41) is 0. The van der Waals surface area contributed by atoms with Crippen LogP contribution in [-0.2, 0) is 39.5 Å². The van der Waals surface area contributed by atoms with Crippen LogP contribution in [0.1, 0.15) is 0 Å². The second-order valence-corrected chi connectivity index (χ2v) is 0. The van der Waals surface area contributed by atoms with E-state index in [-0.39, 0.29) is 44.3 Å². The maximum absolute atomic E-state index is 4.45. The summed E-state index contributed by atoms with van der Waals surface area (Å²) >= 11 is 2.42. The first-order valence-electron chi connectivity index (χ1n) is 0.114. The van der Waals surface area contributed by atoms with Crippen molar-refractivity contribution in [3.05, 3.63) is 0 Å². The van der Waals surface area contributed by atoms with Gasteiger partial charge in [-0.05, 0) is 0 Å². The fourth-order valence-corrected chi connectivity index (χ4v) is 0. The first-order chi connectivity index (χ1) is 1.00. The third-order valence-electron chi connectivity index (χ3n) is 0. The van der Waals surface area contributed by atoms with Crippen LogP contribution in [0.15, 0.2) is 0 Å². The van der Waals surface area contributed by atoms with Gasteiger partial charge in [0, 0.05) is 0 Å². The molecule has 0 atom stereocenters. The van der Waals surface area contributed by atoms with Gasteiger partial charge in [0.15, 0.2) is 0 Å². The molecule has 5 heavy (non-hydrogen) atoms. The van der Waals surface area contributed by atoms with Crippen LogP contribution in [0.5, 0.6) is 0 Å². The molecule has 0 amide bonds. The summed E-state index contributed by atoms with van der Waals surface area (Å²) in [7, 11) is 4.45. The average Bonchev–Trinajstić information content (AvgIpc) is 1.00. The summed E-state index contributed by atoms with van der Waals surface area (Å²) in [6.07, 6.45) is 0. The van der Waals surface area contributed by atoms with Gasteiger partial charge in [0.1, 0.15) is 0 Å². The van der Waals surface area contributed by atoms with Gasteiger partial charge < -0.3 is 24.8 Å². The van der Waals surface area contributed by atoms with Crippen molar-refractivity contribution in [2.24, 2.45) is 0 Å². The molecule has 0 aromatic heterocycles. The Kier molecular flexibility index (Phi) is 184. The largest absolute Gasteiger partial charge is 2.00 e. The Bertz CT molecular complexity index is 6.85. The van der Waals surface area contributed by atoms with Crippen molar-refractivity contribution in [2.45, 2.75) is 0 Å². The maximum Gasteiger partial charge on any atom is 2.00 e. The minimum atomic E-state index is 0. The van der Waals surface area contributed by atoms with Crippen LogP contribution in [0.25, 0.3) is 0 Å². The van der Waals surface area contributed by atoms with E-state index in [0.29, 0.717) is 0 Å². The maximum atomic E-state index is 4.45. The smallest absolute Gasteiger partial charge is 2.00 e. The third-order valence-corrected chi connectivity index (χ3v) is 0. The Morgan fingerprint density at radius 1 is 1.00 bits per heavy atom. The van der Waals surface area contributed by atoms with E-state index in [4.69, 9.17) is 0 Å². The van der Waals surface area contributed by atoms with E-state index in [2.05, 4.69) is 29.2 Å². The molecule has 0 N–H and O–H groups in total. The molecule has 5 heteroatoms. The standard InChI is InChI=1S/Ag.3ClH.Zn/h;3*1H;/q+1;;;;+2/p-3. The molecular weight excluding hydrogens is 280 g/mol. The number of halogens is 3. The van der Waals surface area contributed by atoms with Crippen molar-refractivity contribution >= 4 is 9.19 Å². The number of hydrogen-bond acceptors (Lipinski definition) is 0. The van der Waals surface area contributed by atoms with Crippen LogP contribution in [0.2, 0.25) is 0 Å². The predicted octanol–water partition coefficient (Wildman–Crippen LogP) is -5.31. The Labute approximate surface area is 72.7 Å². The van der Waals surface area contributed by atoms with Gasteiger partial charge in [-0.1, -0.05) is 0 Å². The van der Waals surface area contributed by atoms with E-state index in [0.717, 1.165) is 0 Å². The quantitative estimate of drug-likeness (QED) is 0.389. The Hall–Kier alpha value is 2.23. The van der Waals surface area contributed by atoms with E-state index in [1.807, 2.05) is 0 Å². The van der Waals surface area contributed by atoms with Crippen molar-refractivity contribution in [1.82, 2.24) is 0 Å². The molecule has 0 aliphatic rings. The Morgan fingerprint density at radius 2 is 1.00 bits per heavy atom. The molecule has 0 aliphatic carbocycles. The zero-order chi connectivity index (χ0) is 2.00. The average molecular weight is 280 g/mol. The molecule has 0 saturated carbocycles. The molecule has 0 bridgehead atoms. The molecule has 0 saturated heterocycles. The Balaban J connectivity index is -0.00000000167.